The molecule has 1 aromatic rings. The Morgan fingerprint density at radius 1 is 1.00 bits per heavy atom. The van der Waals surface area contributed by atoms with Crippen LogP contribution < -0.4 is 10.5 Å². The van der Waals surface area contributed by atoms with Crippen molar-refractivity contribution in [2.24, 2.45) is 23.7 Å². The molecule has 132 valence electrons. The number of aryl methyl sites for hydroxylation is 1. The second-order valence-electron chi connectivity index (χ2n) is 8.07. The second-order valence-corrected chi connectivity index (χ2v) is 8.07. The van der Waals surface area contributed by atoms with Gasteiger partial charge < -0.3 is 10.5 Å². The summed E-state index contributed by atoms with van der Waals surface area (Å²) in [6.45, 7) is 4.33. The van der Waals surface area contributed by atoms with Gasteiger partial charge >= 0.3 is 5.97 Å². The zero-order chi connectivity index (χ0) is 17.1. The number of hydrogen-bond donors (Lipinski definition) is 1. The van der Waals surface area contributed by atoms with E-state index in [2.05, 4.69) is 6.92 Å². The summed E-state index contributed by atoms with van der Waals surface area (Å²) in [7, 11) is 0. The Balaban J connectivity index is 1.49. The van der Waals surface area contributed by atoms with Gasteiger partial charge in [0.2, 0.25) is 0 Å². The molecule has 0 radical (unpaired) electrons. The van der Waals surface area contributed by atoms with Gasteiger partial charge in [0.25, 0.3) is 0 Å². The molecule has 3 nitrogen and oxygen atoms in total. The van der Waals surface area contributed by atoms with Crippen molar-refractivity contribution in [1.82, 2.24) is 0 Å². The first-order valence-corrected chi connectivity index (χ1v) is 9.60. The van der Waals surface area contributed by atoms with Crippen molar-refractivity contribution in [2.75, 3.05) is 5.73 Å². The smallest absolute Gasteiger partial charge is 0.314 e. The Morgan fingerprint density at radius 3 is 2.17 bits per heavy atom. The summed E-state index contributed by atoms with van der Waals surface area (Å²) < 4.78 is 5.57. The van der Waals surface area contributed by atoms with Crippen molar-refractivity contribution < 1.29 is 9.53 Å². The van der Waals surface area contributed by atoms with Gasteiger partial charge in [-0.2, -0.15) is 0 Å². The van der Waals surface area contributed by atoms with Crippen molar-refractivity contribution in [3.05, 3.63) is 23.8 Å². The number of hydrogen-bond acceptors (Lipinski definition) is 3. The molecule has 0 aromatic heterocycles. The first-order valence-electron chi connectivity index (χ1n) is 9.60. The topological polar surface area (TPSA) is 52.3 Å². The molecular weight excluding hydrogens is 298 g/mol. The Morgan fingerprint density at radius 2 is 1.58 bits per heavy atom. The van der Waals surface area contributed by atoms with Gasteiger partial charge in [0.15, 0.2) is 0 Å². The van der Waals surface area contributed by atoms with Crippen LogP contribution in [0.4, 0.5) is 5.69 Å². The Bertz CT molecular complexity index is 567. The number of carbonyl (C=O) groups is 1. The fraction of sp³-hybridized carbons (Fsp3) is 0.667. The molecule has 24 heavy (non-hydrogen) atoms. The Kier molecular flexibility index (Phi) is 5.47. The molecule has 2 N–H and O–H groups in total. The van der Waals surface area contributed by atoms with E-state index in [0.29, 0.717) is 11.4 Å². The van der Waals surface area contributed by atoms with Crippen LogP contribution >= 0.6 is 0 Å². The molecule has 2 saturated carbocycles. The number of ether oxygens (including phenoxy) is 1. The molecule has 3 heteroatoms. The summed E-state index contributed by atoms with van der Waals surface area (Å²) in [5.74, 6) is 3.20. The van der Waals surface area contributed by atoms with Crippen LogP contribution in [0.5, 0.6) is 5.75 Å². The highest BCUT2D eigenvalue weighted by atomic mass is 16.5. The molecule has 0 atom stereocenters. The van der Waals surface area contributed by atoms with E-state index in [1.807, 2.05) is 19.1 Å². The molecule has 1 aromatic carbocycles. The molecule has 0 spiro atoms. The summed E-state index contributed by atoms with van der Waals surface area (Å²) >= 11 is 0. The summed E-state index contributed by atoms with van der Waals surface area (Å²) in [6, 6.07) is 5.49. The van der Waals surface area contributed by atoms with E-state index in [0.717, 1.165) is 36.2 Å². The number of benzene rings is 1. The molecule has 2 aliphatic carbocycles. The minimum atomic E-state index is -0.0750. The van der Waals surface area contributed by atoms with Crippen LogP contribution in [0, 0.1) is 30.6 Å². The second kappa shape index (κ2) is 7.58. The lowest BCUT2D eigenvalue weighted by atomic mass is 9.69. The van der Waals surface area contributed by atoms with Crippen LogP contribution in [0.1, 0.15) is 63.9 Å². The van der Waals surface area contributed by atoms with Crippen LogP contribution in [-0.4, -0.2) is 5.97 Å². The molecule has 0 amide bonds. The number of nitrogen functional groups attached to an aromatic ring is 1. The van der Waals surface area contributed by atoms with Crippen LogP contribution in [0.3, 0.4) is 0 Å². The normalized spacial score (nSPS) is 30.8. The predicted molar refractivity (Wildman–Crippen MR) is 97.8 cm³/mol. The first kappa shape index (κ1) is 17.3. The summed E-state index contributed by atoms with van der Waals surface area (Å²) in [6.07, 6.45) is 9.91. The van der Waals surface area contributed by atoms with E-state index in [1.165, 1.54) is 38.5 Å². The molecule has 0 bridgehead atoms. The van der Waals surface area contributed by atoms with Gasteiger partial charge in [0.1, 0.15) is 5.75 Å². The Hall–Kier alpha value is -1.51. The minimum Gasteiger partial charge on any atom is -0.426 e. The number of esters is 1. The standard InChI is InChI=1S/C21H31NO2/c1-14-3-6-16(7-4-14)17-8-10-18(11-9-17)21(23)24-19-12-5-15(2)20(22)13-19/h5,12-14,16-18H,3-4,6-11,22H2,1-2H3. The van der Waals surface area contributed by atoms with Crippen molar-refractivity contribution in [3.63, 3.8) is 0 Å². The van der Waals surface area contributed by atoms with Gasteiger partial charge in [0, 0.05) is 11.8 Å². The van der Waals surface area contributed by atoms with Crippen molar-refractivity contribution in [3.8, 4) is 5.75 Å². The zero-order valence-corrected chi connectivity index (χ0v) is 15.1. The van der Waals surface area contributed by atoms with Crippen molar-refractivity contribution in [2.45, 2.75) is 65.2 Å². The van der Waals surface area contributed by atoms with Gasteiger partial charge in [-0.1, -0.05) is 25.8 Å². The number of nitrogens with two attached hydrogens (primary N) is 1. The van der Waals surface area contributed by atoms with Crippen LogP contribution in [0.15, 0.2) is 18.2 Å². The average molecular weight is 329 g/mol. The molecule has 3 rings (SSSR count). The maximum Gasteiger partial charge on any atom is 0.314 e. The van der Waals surface area contributed by atoms with Gasteiger partial charge in [-0.15, -0.1) is 0 Å². The summed E-state index contributed by atoms with van der Waals surface area (Å²) in [4.78, 5) is 12.4. The lowest BCUT2D eigenvalue weighted by Crippen LogP contribution is -2.29. The third-order valence-electron chi connectivity index (χ3n) is 6.30. The molecule has 2 fully saturated rings. The quantitative estimate of drug-likeness (QED) is 0.476. The highest BCUT2D eigenvalue weighted by molar-refractivity contribution is 5.75. The average Bonchev–Trinajstić information content (AvgIpc) is 2.59. The molecule has 0 heterocycles. The van der Waals surface area contributed by atoms with Crippen molar-refractivity contribution in [1.29, 1.82) is 0 Å². The summed E-state index contributed by atoms with van der Waals surface area (Å²) in [5, 5.41) is 0. The molecule has 0 saturated heterocycles. The predicted octanol–water partition coefficient (Wildman–Crippen LogP) is 5.12. The van der Waals surface area contributed by atoms with E-state index in [1.54, 1.807) is 6.07 Å². The number of carbonyl (C=O) groups excluding carboxylic acids is 1. The van der Waals surface area contributed by atoms with Crippen LogP contribution in [0.2, 0.25) is 0 Å². The lowest BCUT2D eigenvalue weighted by molar-refractivity contribution is -0.140. The maximum atomic E-state index is 12.4. The van der Waals surface area contributed by atoms with Crippen LogP contribution in [-0.2, 0) is 4.79 Å². The monoisotopic (exact) mass is 329 g/mol. The van der Waals surface area contributed by atoms with Gasteiger partial charge in [-0.3, -0.25) is 4.79 Å². The first-order chi connectivity index (χ1) is 11.5. The van der Waals surface area contributed by atoms with Gasteiger partial charge in [-0.25, -0.2) is 0 Å². The van der Waals surface area contributed by atoms with E-state index in [9.17, 15) is 4.79 Å². The van der Waals surface area contributed by atoms with E-state index >= 15 is 0 Å². The van der Waals surface area contributed by atoms with Gasteiger partial charge in [-0.05, 0) is 74.8 Å². The van der Waals surface area contributed by atoms with Gasteiger partial charge in [0.05, 0.1) is 5.92 Å². The third kappa shape index (κ3) is 4.12. The SMILES string of the molecule is Cc1ccc(OC(=O)C2CCC(C3CCC(C)CC3)CC2)cc1N. The van der Waals surface area contributed by atoms with Crippen molar-refractivity contribution >= 4 is 11.7 Å². The number of rotatable bonds is 3. The molecule has 0 unspecified atom stereocenters. The van der Waals surface area contributed by atoms with Crippen LogP contribution in [0.25, 0.3) is 0 Å². The maximum absolute atomic E-state index is 12.4. The van der Waals surface area contributed by atoms with E-state index in [-0.39, 0.29) is 11.9 Å². The summed E-state index contributed by atoms with van der Waals surface area (Å²) in [5.41, 5.74) is 7.58. The molecular formula is C21H31NO2. The highest BCUT2D eigenvalue weighted by Crippen LogP contribution is 2.41. The highest BCUT2D eigenvalue weighted by Gasteiger charge is 2.33. The number of anilines is 1. The Labute approximate surface area is 146 Å². The zero-order valence-electron chi connectivity index (χ0n) is 15.1. The largest absolute Gasteiger partial charge is 0.426 e. The lowest BCUT2D eigenvalue weighted by Gasteiger charge is -2.36. The minimum absolute atomic E-state index is 0.0614. The molecule has 2 aliphatic rings. The van der Waals surface area contributed by atoms with E-state index in [4.69, 9.17) is 10.5 Å². The fourth-order valence-electron chi connectivity index (χ4n) is 4.47. The fourth-order valence-corrected chi connectivity index (χ4v) is 4.47. The van der Waals surface area contributed by atoms with E-state index < -0.39 is 0 Å². The molecule has 0 aliphatic heterocycles. The third-order valence-corrected chi connectivity index (χ3v) is 6.30.